The summed E-state index contributed by atoms with van der Waals surface area (Å²) >= 11 is 7.04. The molecule has 78 valence electrons. The van der Waals surface area contributed by atoms with Crippen molar-refractivity contribution in [3.05, 3.63) is 0 Å². The van der Waals surface area contributed by atoms with Crippen LogP contribution in [0, 0.1) is 5.41 Å². The van der Waals surface area contributed by atoms with Gasteiger partial charge in [0.05, 0.1) is 18.0 Å². The van der Waals surface area contributed by atoms with Gasteiger partial charge in [-0.25, -0.2) is 0 Å². The molecule has 0 bridgehead atoms. The standard InChI is InChI=1S/C9H16Br2O2/c1-6(10)7(11)8-12-4-9(2,3)5-13-8/h6-8H,4-5H2,1-3H3. The van der Waals surface area contributed by atoms with E-state index in [0.29, 0.717) is 4.83 Å². The van der Waals surface area contributed by atoms with Crippen LogP contribution in [0.15, 0.2) is 0 Å². The van der Waals surface area contributed by atoms with Crippen molar-refractivity contribution >= 4 is 31.9 Å². The van der Waals surface area contributed by atoms with Crippen LogP contribution in [0.3, 0.4) is 0 Å². The number of hydrogen-bond acceptors (Lipinski definition) is 2. The quantitative estimate of drug-likeness (QED) is 0.729. The van der Waals surface area contributed by atoms with E-state index >= 15 is 0 Å². The number of halogens is 2. The van der Waals surface area contributed by atoms with Crippen molar-refractivity contribution in [3.8, 4) is 0 Å². The van der Waals surface area contributed by atoms with Gasteiger partial charge in [0.25, 0.3) is 0 Å². The first-order valence-corrected chi connectivity index (χ1v) is 6.27. The first-order chi connectivity index (χ1) is 5.92. The Morgan fingerprint density at radius 2 is 1.69 bits per heavy atom. The van der Waals surface area contributed by atoms with E-state index < -0.39 is 0 Å². The molecule has 0 saturated carbocycles. The smallest absolute Gasteiger partial charge is 0.171 e. The average Bonchev–Trinajstić information content (AvgIpc) is 2.03. The van der Waals surface area contributed by atoms with Crippen molar-refractivity contribution in [2.24, 2.45) is 5.41 Å². The molecule has 0 N–H and O–H groups in total. The van der Waals surface area contributed by atoms with E-state index in [1.54, 1.807) is 0 Å². The molecule has 0 aromatic rings. The fraction of sp³-hybridized carbons (Fsp3) is 1.00. The van der Waals surface area contributed by atoms with E-state index in [0.717, 1.165) is 13.2 Å². The maximum absolute atomic E-state index is 5.62. The van der Waals surface area contributed by atoms with Gasteiger partial charge in [0.1, 0.15) is 0 Å². The second-order valence-electron chi connectivity index (χ2n) is 4.28. The van der Waals surface area contributed by atoms with Crippen molar-refractivity contribution in [2.75, 3.05) is 13.2 Å². The summed E-state index contributed by atoms with van der Waals surface area (Å²) in [6.07, 6.45) is -0.123. The molecule has 4 heteroatoms. The van der Waals surface area contributed by atoms with Gasteiger partial charge >= 0.3 is 0 Å². The minimum absolute atomic E-state index is 0.123. The van der Waals surface area contributed by atoms with E-state index in [2.05, 4.69) is 52.6 Å². The predicted molar refractivity (Wildman–Crippen MR) is 60.6 cm³/mol. The van der Waals surface area contributed by atoms with Crippen LogP contribution in [0.1, 0.15) is 20.8 Å². The van der Waals surface area contributed by atoms with E-state index in [1.165, 1.54) is 0 Å². The SMILES string of the molecule is CC(Br)C(Br)C1OCC(C)(C)CO1. The average molecular weight is 316 g/mol. The van der Waals surface area contributed by atoms with Gasteiger partial charge in [0.2, 0.25) is 0 Å². The molecule has 1 saturated heterocycles. The van der Waals surface area contributed by atoms with Gasteiger partial charge in [0.15, 0.2) is 6.29 Å². The van der Waals surface area contributed by atoms with Gasteiger partial charge in [-0.1, -0.05) is 52.6 Å². The van der Waals surface area contributed by atoms with Gasteiger partial charge in [0, 0.05) is 10.2 Å². The van der Waals surface area contributed by atoms with Crippen molar-refractivity contribution in [1.29, 1.82) is 0 Å². The highest BCUT2D eigenvalue weighted by atomic mass is 79.9. The molecule has 1 rings (SSSR count). The molecule has 2 atom stereocenters. The summed E-state index contributed by atoms with van der Waals surface area (Å²) in [5.41, 5.74) is 0.152. The Bertz CT molecular complexity index is 161. The predicted octanol–water partition coefficient (Wildman–Crippen LogP) is 2.93. The summed E-state index contributed by atoms with van der Waals surface area (Å²) in [5, 5.41) is 0. The number of ether oxygens (including phenoxy) is 2. The third-order valence-corrected chi connectivity index (χ3v) is 4.48. The van der Waals surface area contributed by atoms with E-state index in [-0.39, 0.29) is 16.5 Å². The highest BCUT2D eigenvalue weighted by Gasteiger charge is 2.33. The van der Waals surface area contributed by atoms with Gasteiger partial charge in [-0.05, 0) is 0 Å². The van der Waals surface area contributed by atoms with Crippen LogP contribution in [-0.2, 0) is 9.47 Å². The van der Waals surface area contributed by atoms with E-state index in [4.69, 9.17) is 9.47 Å². The number of hydrogen-bond donors (Lipinski definition) is 0. The first kappa shape index (κ1) is 12.0. The van der Waals surface area contributed by atoms with E-state index in [9.17, 15) is 0 Å². The Kier molecular flexibility index (Phi) is 4.23. The lowest BCUT2D eigenvalue weighted by molar-refractivity contribution is -0.219. The summed E-state index contributed by atoms with van der Waals surface area (Å²) in [7, 11) is 0. The molecule has 0 aliphatic carbocycles. The maximum Gasteiger partial charge on any atom is 0.171 e. The summed E-state index contributed by atoms with van der Waals surface area (Å²) < 4.78 is 11.2. The monoisotopic (exact) mass is 314 g/mol. The summed E-state index contributed by atoms with van der Waals surface area (Å²) in [6, 6.07) is 0. The molecule has 1 aliphatic rings. The third kappa shape index (κ3) is 3.50. The summed E-state index contributed by atoms with van der Waals surface area (Å²) in [4.78, 5) is 0.558. The lowest BCUT2D eigenvalue weighted by Gasteiger charge is -2.37. The topological polar surface area (TPSA) is 18.5 Å². The minimum Gasteiger partial charge on any atom is -0.351 e. The molecular weight excluding hydrogens is 300 g/mol. The number of alkyl halides is 2. The molecular formula is C9H16Br2O2. The Labute approximate surface area is 96.6 Å². The first-order valence-electron chi connectivity index (χ1n) is 4.44. The highest BCUT2D eigenvalue weighted by Crippen LogP contribution is 2.29. The summed E-state index contributed by atoms with van der Waals surface area (Å²) in [5.74, 6) is 0. The Balaban J connectivity index is 2.41. The van der Waals surface area contributed by atoms with Gasteiger partial charge < -0.3 is 9.47 Å². The minimum atomic E-state index is -0.123. The Morgan fingerprint density at radius 1 is 1.23 bits per heavy atom. The molecule has 0 aromatic heterocycles. The Hall–Kier alpha value is 0.880. The van der Waals surface area contributed by atoms with Gasteiger partial charge in [-0.3, -0.25) is 0 Å². The molecule has 2 unspecified atom stereocenters. The molecule has 13 heavy (non-hydrogen) atoms. The van der Waals surface area contributed by atoms with Gasteiger partial charge in [-0.15, -0.1) is 0 Å². The zero-order chi connectivity index (χ0) is 10.1. The lowest BCUT2D eigenvalue weighted by atomic mass is 9.95. The molecule has 1 aliphatic heterocycles. The molecule has 2 nitrogen and oxygen atoms in total. The van der Waals surface area contributed by atoms with Crippen LogP contribution in [0.25, 0.3) is 0 Å². The van der Waals surface area contributed by atoms with Crippen molar-refractivity contribution in [2.45, 2.75) is 36.7 Å². The van der Waals surface area contributed by atoms with Crippen molar-refractivity contribution in [3.63, 3.8) is 0 Å². The van der Waals surface area contributed by atoms with Crippen LogP contribution in [0.5, 0.6) is 0 Å². The lowest BCUT2D eigenvalue weighted by Crippen LogP contribution is -2.43. The number of rotatable bonds is 2. The second-order valence-corrected chi connectivity index (χ2v) is 6.78. The largest absolute Gasteiger partial charge is 0.351 e. The van der Waals surface area contributed by atoms with Gasteiger partial charge in [-0.2, -0.15) is 0 Å². The molecule has 1 fully saturated rings. The highest BCUT2D eigenvalue weighted by molar-refractivity contribution is 9.12. The van der Waals surface area contributed by atoms with Crippen molar-refractivity contribution < 1.29 is 9.47 Å². The molecule has 0 aromatic carbocycles. The van der Waals surface area contributed by atoms with Crippen LogP contribution in [0.2, 0.25) is 0 Å². The van der Waals surface area contributed by atoms with Crippen LogP contribution in [-0.4, -0.2) is 29.2 Å². The maximum atomic E-state index is 5.62. The Morgan fingerprint density at radius 3 is 2.08 bits per heavy atom. The fourth-order valence-corrected chi connectivity index (χ4v) is 1.66. The molecule has 1 heterocycles. The van der Waals surface area contributed by atoms with Crippen LogP contribution < -0.4 is 0 Å². The van der Waals surface area contributed by atoms with Crippen LogP contribution >= 0.6 is 31.9 Å². The van der Waals surface area contributed by atoms with Crippen molar-refractivity contribution in [1.82, 2.24) is 0 Å². The zero-order valence-corrected chi connectivity index (χ0v) is 11.4. The fourth-order valence-electron chi connectivity index (χ4n) is 1.11. The third-order valence-electron chi connectivity index (χ3n) is 1.98. The molecule has 0 spiro atoms. The second kappa shape index (κ2) is 4.60. The zero-order valence-electron chi connectivity index (χ0n) is 8.22. The van der Waals surface area contributed by atoms with E-state index in [1.807, 2.05) is 0 Å². The normalized spacial score (nSPS) is 28.4. The summed E-state index contributed by atoms with van der Waals surface area (Å²) in [6.45, 7) is 7.89. The molecule has 0 radical (unpaired) electrons. The molecule has 0 amide bonds. The van der Waals surface area contributed by atoms with Crippen LogP contribution in [0.4, 0.5) is 0 Å².